The van der Waals surface area contributed by atoms with Crippen molar-refractivity contribution in [3.8, 4) is 5.75 Å². The van der Waals surface area contributed by atoms with Gasteiger partial charge in [-0.1, -0.05) is 42.5 Å². The average Bonchev–Trinajstić information content (AvgIpc) is 2.59. The zero-order valence-corrected chi connectivity index (χ0v) is 14.7. The molecule has 0 aliphatic rings. The number of para-hydroxylation sites is 1. The molecule has 126 valence electrons. The SMILES string of the molecule is O=PC(CSc1ccccc1O)C(CCc1ccccc1)C(=O)O. The molecule has 0 saturated carbocycles. The summed E-state index contributed by atoms with van der Waals surface area (Å²) in [7, 11) is -0.181. The third-order valence-corrected chi connectivity index (χ3v) is 6.02. The van der Waals surface area contributed by atoms with Crippen LogP contribution in [0.4, 0.5) is 0 Å². The third-order valence-electron chi connectivity index (χ3n) is 3.78. The first-order valence-corrected chi connectivity index (χ1v) is 9.48. The van der Waals surface area contributed by atoms with Crippen molar-refractivity contribution < 1.29 is 19.6 Å². The molecular weight excluding hydrogens is 343 g/mol. The number of hydrogen-bond donors (Lipinski definition) is 2. The van der Waals surface area contributed by atoms with Crippen LogP contribution in [0.15, 0.2) is 59.5 Å². The van der Waals surface area contributed by atoms with E-state index in [0.29, 0.717) is 23.5 Å². The zero-order valence-electron chi connectivity index (χ0n) is 13.0. The number of phenolic OH excluding ortho intramolecular Hbond substituents is 1. The molecule has 2 unspecified atom stereocenters. The van der Waals surface area contributed by atoms with Crippen molar-refractivity contribution in [3.05, 3.63) is 60.2 Å². The van der Waals surface area contributed by atoms with E-state index in [4.69, 9.17) is 0 Å². The van der Waals surface area contributed by atoms with Crippen molar-refractivity contribution in [2.24, 2.45) is 5.92 Å². The lowest BCUT2D eigenvalue weighted by Crippen LogP contribution is -2.26. The standard InChI is InChI=1S/C18H19O4PS/c19-15-8-4-5-9-17(15)24-12-16(23-22)14(18(20)21)11-10-13-6-2-1-3-7-13/h1-9,14,16,19H,10-12H2,(H,20,21). The Labute approximate surface area is 147 Å². The largest absolute Gasteiger partial charge is 0.507 e. The maximum atomic E-state index is 11.6. The predicted octanol–water partition coefficient (Wildman–Crippen LogP) is 4.48. The summed E-state index contributed by atoms with van der Waals surface area (Å²) in [4.78, 5) is 12.3. The van der Waals surface area contributed by atoms with Crippen molar-refractivity contribution >= 4 is 26.2 Å². The molecular formula is C18H19O4PS. The molecule has 0 aromatic heterocycles. The number of aliphatic carboxylic acids is 1. The van der Waals surface area contributed by atoms with E-state index < -0.39 is 17.5 Å². The lowest BCUT2D eigenvalue weighted by atomic mass is 9.97. The van der Waals surface area contributed by atoms with Gasteiger partial charge in [0.2, 0.25) is 0 Å². The summed E-state index contributed by atoms with van der Waals surface area (Å²) in [5.74, 6) is -1.10. The lowest BCUT2D eigenvalue weighted by Gasteiger charge is -2.18. The van der Waals surface area contributed by atoms with E-state index in [-0.39, 0.29) is 14.2 Å². The van der Waals surface area contributed by atoms with Gasteiger partial charge in [-0.05, 0) is 30.5 Å². The Hall–Kier alpha value is -1.84. The van der Waals surface area contributed by atoms with E-state index in [9.17, 15) is 19.6 Å². The first-order chi connectivity index (χ1) is 11.6. The molecule has 4 nitrogen and oxygen atoms in total. The topological polar surface area (TPSA) is 74.6 Å². The Morgan fingerprint density at radius 2 is 1.75 bits per heavy atom. The summed E-state index contributed by atoms with van der Waals surface area (Å²) >= 11 is 1.33. The number of aromatic hydroxyl groups is 1. The highest BCUT2D eigenvalue weighted by molar-refractivity contribution is 7.99. The molecule has 0 saturated heterocycles. The molecule has 0 heterocycles. The van der Waals surface area contributed by atoms with Gasteiger partial charge in [0.05, 0.1) is 11.6 Å². The quantitative estimate of drug-likeness (QED) is 0.508. The second-order valence-electron chi connectivity index (χ2n) is 5.42. The van der Waals surface area contributed by atoms with Gasteiger partial charge >= 0.3 is 5.97 Å². The predicted molar refractivity (Wildman–Crippen MR) is 96.1 cm³/mol. The number of benzene rings is 2. The fourth-order valence-corrected chi connectivity index (χ4v) is 4.29. The van der Waals surface area contributed by atoms with Gasteiger partial charge < -0.3 is 10.2 Å². The Kier molecular flexibility index (Phi) is 7.29. The summed E-state index contributed by atoms with van der Waals surface area (Å²) in [5.41, 5.74) is 0.564. The number of rotatable bonds is 9. The third kappa shape index (κ3) is 5.36. The van der Waals surface area contributed by atoms with Gasteiger partial charge in [0.15, 0.2) is 8.46 Å². The number of carboxylic acid groups (broad SMARTS) is 1. The number of aryl methyl sites for hydroxylation is 1. The highest BCUT2D eigenvalue weighted by atomic mass is 32.2. The Balaban J connectivity index is 1.99. The van der Waals surface area contributed by atoms with Gasteiger partial charge in [0.1, 0.15) is 5.75 Å². The molecule has 2 aromatic carbocycles. The first kappa shape index (κ1) is 18.5. The van der Waals surface area contributed by atoms with Crippen molar-refractivity contribution in [3.63, 3.8) is 0 Å². The van der Waals surface area contributed by atoms with Crippen molar-refractivity contribution in [2.45, 2.75) is 23.4 Å². The van der Waals surface area contributed by atoms with Crippen molar-refractivity contribution in [1.82, 2.24) is 0 Å². The molecule has 2 atom stereocenters. The van der Waals surface area contributed by atoms with Crippen LogP contribution in [0.3, 0.4) is 0 Å². The van der Waals surface area contributed by atoms with Crippen LogP contribution in [0.1, 0.15) is 12.0 Å². The van der Waals surface area contributed by atoms with E-state index in [1.165, 1.54) is 11.8 Å². The molecule has 0 aliphatic heterocycles. The molecule has 0 amide bonds. The summed E-state index contributed by atoms with van der Waals surface area (Å²) in [6.07, 6.45) is 1.06. The van der Waals surface area contributed by atoms with Crippen LogP contribution < -0.4 is 0 Å². The summed E-state index contributed by atoms with van der Waals surface area (Å²) < 4.78 is 11.5. The number of carbonyl (C=O) groups is 1. The second-order valence-corrected chi connectivity index (χ2v) is 7.36. The fourth-order valence-electron chi connectivity index (χ4n) is 2.42. The number of thioether (sulfide) groups is 1. The van der Waals surface area contributed by atoms with Crippen LogP contribution in [0, 0.1) is 5.92 Å². The minimum Gasteiger partial charge on any atom is -0.507 e. The molecule has 24 heavy (non-hydrogen) atoms. The average molecular weight is 362 g/mol. The molecule has 0 aliphatic carbocycles. The molecule has 0 spiro atoms. The Morgan fingerprint density at radius 1 is 1.08 bits per heavy atom. The van der Waals surface area contributed by atoms with Crippen LogP contribution in [0.2, 0.25) is 0 Å². The number of phenols is 1. The van der Waals surface area contributed by atoms with Crippen LogP contribution >= 0.6 is 20.2 Å². The number of hydrogen-bond acceptors (Lipinski definition) is 4. The normalized spacial score (nSPS) is 13.5. The van der Waals surface area contributed by atoms with E-state index in [2.05, 4.69) is 0 Å². The van der Waals surface area contributed by atoms with E-state index in [0.717, 1.165) is 5.56 Å². The maximum Gasteiger partial charge on any atom is 0.307 e. The molecule has 0 fully saturated rings. The van der Waals surface area contributed by atoms with E-state index >= 15 is 0 Å². The first-order valence-electron chi connectivity index (χ1n) is 7.62. The van der Waals surface area contributed by atoms with Crippen LogP contribution in [-0.2, 0) is 15.8 Å². The Morgan fingerprint density at radius 3 is 2.38 bits per heavy atom. The molecule has 2 rings (SSSR count). The zero-order chi connectivity index (χ0) is 17.4. The molecule has 6 heteroatoms. The van der Waals surface area contributed by atoms with Gasteiger partial charge in [-0.3, -0.25) is 9.36 Å². The lowest BCUT2D eigenvalue weighted by molar-refractivity contribution is -0.141. The van der Waals surface area contributed by atoms with Gasteiger partial charge in [-0.25, -0.2) is 0 Å². The van der Waals surface area contributed by atoms with Crippen molar-refractivity contribution in [1.29, 1.82) is 0 Å². The second kappa shape index (κ2) is 9.45. The highest BCUT2D eigenvalue weighted by Crippen LogP contribution is 2.33. The molecule has 2 aromatic rings. The minimum atomic E-state index is -0.933. The minimum absolute atomic E-state index is 0.153. The van der Waals surface area contributed by atoms with E-state index in [1.807, 2.05) is 30.3 Å². The van der Waals surface area contributed by atoms with Crippen LogP contribution in [-0.4, -0.2) is 27.6 Å². The smallest absolute Gasteiger partial charge is 0.307 e. The maximum absolute atomic E-state index is 11.6. The van der Waals surface area contributed by atoms with Crippen LogP contribution in [0.5, 0.6) is 5.75 Å². The van der Waals surface area contributed by atoms with Crippen LogP contribution in [0.25, 0.3) is 0 Å². The summed E-state index contributed by atoms with van der Waals surface area (Å²) in [5, 5.41) is 19.3. The molecule has 2 N–H and O–H groups in total. The highest BCUT2D eigenvalue weighted by Gasteiger charge is 2.28. The monoisotopic (exact) mass is 362 g/mol. The summed E-state index contributed by atoms with van der Waals surface area (Å²) in [6, 6.07) is 16.5. The molecule has 0 bridgehead atoms. The number of carboxylic acids is 1. The van der Waals surface area contributed by atoms with E-state index in [1.54, 1.807) is 24.3 Å². The van der Waals surface area contributed by atoms with Gasteiger partial charge in [0, 0.05) is 10.6 Å². The molecule has 0 radical (unpaired) electrons. The van der Waals surface area contributed by atoms with Gasteiger partial charge in [-0.2, -0.15) is 0 Å². The Bertz CT molecular complexity index is 678. The van der Waals surface area contributed by atoms with Gasteiger partial charge in [-0.15, -0.1) is 11.8 Å². The fraction of sp³-hybridized carbons (Fsp3) is 0.278. The van der Waals surface area contributed by atoms with Crippen molar-refractivity contribution in [2.75, 3.05) is 5.75 Å². The summed E-state index contributed by atoms with van der Waals surface area (Å²) in [6.45, 7) is 0. The van der Waals surface area contributed by atoms with Gasteiger partial charge in [0.25, 0.3) is 0 Å².